The molecule has 0 radical (unpaired) electrons. The molecule has 4 aliphatic rings. The van der Waals surface area contributed by atoms with Crippen LogP contribution in [0.15, 0.2) is 11.6 Å². The Bertz CT molecular complexity index is 756. The van der Waals surface area contributed by atoms with Crippen molar-refractivity contribution in [3.8, 4) is 0 Å². The van der Waals surface area contributed by atoms with Crippen LogP contribution in [0.25, 0.3) is 0 Å². The van der Waals surface area contributed by atoms with Crippen LogP contribution in [0.3, 0.4) is 0 Å². The van der Waals surface area contributed by atoms with Crippen LogP contribution in [-0.4, -0.2) is 28.6 Å². The zero-order valence-electron chi connectivity index (χ0n) is 20.0. The number of aliphatic hydroxyl groups is 1. The molecule has 4 heteroatoms. The van der Waals surface area contributed by atoms with Crippen LogP contribution in [-0.2, 0) is 14.3 Å². The van der Waals surface area contributed by atoms with E-state index in [1.54, 1.807) is 6.92 Å². The van der Waals surface area contributed by atoms with Crippen molar-refractivity contribution in [1.29, 1.82) is 0 Å². The summed E-state index contributed by atoms with van der Waals surface area (Å²) in [6, 6.07) is 0. The molecule has 0 unspecified atom stereocenters. The number of rotatable bonds is 6. The van der Waals surface area contributed by atoms with Crippen molar-refractivity contribution >= 4 is 11.8 Å². The molecule has 7 atom stereocenters. The number of ketones is 1. The zero-order valence-corrected chi connectivity index (χ0v) is 20.0. The fraction of sp³-hybridized carbons (Fsp3) is 0.852. The third-order valence-electron chi connectivity index (χ3n) is 10.0. The van der Waals surface area contributed by atoms with E-state index in [9.17, 15) is 14.7 Å². The number of Topliss-reactive ketones (excluding diaryl/α,β-unsaturated/α-hetero) is 1. The molecule has 3 fully saturated rings. The first-order valence-corrected chi connectivity index (χ1v) is 12.8. The van der Waals surface area contributed by atoms with Gasteiger partial charge in [-0.3, -0.25) is 9.59 Å². The second kappa shape index (κ2) is 8.32. The Hall–Kier alpha value is -1.16. The smallest absolute Gasteiger partial charge is 0.306 e. The van der Waals surface area contributed by atoms with Gasteiger partial charge in [-0.15, -0.1) is 0 Å². The highest BCUT2D eigenvalue weighted by Gasteiger charge is 2.67. The van der Waals surface area contributed by atoms with Gasteiger partial charge in [0, 0.05) is 11.8 Å². The van der Waals surface area contributed by atoms with Crippen molar-refractivity contribution in [3.05, 3.63) is 11.6 Å². The molecule has 0 aromatic heterocycles. The number of hydrogen-bond donors (Lipinski definition) is 1. The predicted octanol–water partition coefficient (Wildman–Crippen LogP) is 5.76. The molecular weight excluding hydrogens is 388 g/mol. The number of carbonyl (C=O) groups is 2. The maximum Gasteiger partial charge on any atom is 0.306 e. The summed E-state index contributed by atoms with van der Waals surface area (Å²) < 4.78 is 6.17. The number of unbranched alkanes of at least 4 members (excludes halogenated alkanes) is 2. The summed E-state index contributed by atoms with van der Waals surface area (Å²) in [5, 5.41) is 10.2. The third-order valence-corrected chi connectivity index (χ3v) is 10.0. The maximum absolute atomic E-state index is 13.1. The SMILES string of the molecule is CCCCCC(=O)O[C@]1(C(C)=O)CC[C@H]2[C@@H]3CC=C4C[C@@H](O)CC[C@]4(C)[C@H]3CC[C@@]21C. The Morgan fingerprint density at radius 2 is 1.84 bits per heavy atom. The van der Waals surface area contributed by atoms with Gasteiger partial charge in [-0.25, -0.2) is 0 Å². The predicted molar refractivity (Wildman–Crippen MR) is 121 cm³/mol. The van der Waals surface area contributed by atoms with Gasteiger partial charge in [0.05, 0.1) is 6.10 Å². The molecule has 0 saturated heterocycles. The molecule has 3 saturated carbocycles. The van der Waals surface area contributed by atoms with Gasteiger partial charge in [0.1, 0.15) is 0 Å². The molecule has 4 aliphatic carbocycles. The van der Waals surface area contributed by atoms with Gasteiger partial charge in [0.2, 0.25) is 0 Å². The van der Waals surface area contributed by atoms with E-state index in [1.165, 1.54) is 5.57 Å². The monoisotopic (exact) mass is 430 g/mol. The quantitative estimate of drug-likeness (QED) is 0.330. The molecule has 1 N–H and O–H groups in total. The van der Waals surface area contributed by atoms with E-state index >= 15 is 0 Å². The minimum absolute atomic E-state index is 0.0406. The minimum atomic E-state index is -0.945. The Kier molecular flexibility index (Phi) is 6.17. The number of carbonyl (C=O) groups excluding carboxylic acids is 2. The molecule has 4 rings (SSSR count). The van der Waals surface area contributed by atoms with Crippen LogP contribution in [0, 0.1) is 28.6 Å². The first-order valence-electron chi connectivity index (χ1n) is 12.8. The van der Waals surface area contributed by atoms with Gasteiger partial charge in [-0.05, 0) is 87.9 Å². The number of hydrogen-bond acceptors (Lipinski definition) is 4. The largest absolute Gasteiger partial charge is 0.450 e. The van der Waals surface area contributed by atoms with E-state index in [4.69, 9.17) is 4.74 Å². The van der Waals surface area contributed by atoms with E-state index in [0.717, 1.165) is 64.2 Å². The summed E-state index contributed by atoms with van der Waals surface area (Å²) in [6.45, 7) is 8.43. The van der Waals surface area contributed by atoms with Crippen molar-refractivity contribution in [2.45, 2.75) is 116 Å². The van der Waals surface area contributed by atoms with Gasteiger partial charge >= 0.3 is 5.97 Å². The lowest BCUT2D eigenvalue weighted by molar-refractivity contribution is -0.188. The van der Waals surface area contributed by atoms with Crippen LogP contribution in [0.2, 0.25) is 0 Å². The Morgan fingerprint density at radius 1 is 1.10 bits per heavy atom. The molecule has 0 amide bonds. The summed E-state index contributed by atoms with van der Waals surface area (Å²) in [4.78, 5) is 25.8. The lowest BCUT2D eigenvalue weighted by atomic mass is 9.46. The standard InChI is InChI=1S/C27H42O4/c1-5-6-7-8-24(30)31-27(18(2)28)16-13-23-21-10-9-19-17-20(29)11-14-25(19,3)22(21)12-15-26(23,27)4/h9,20-23,29H,5-8,10-17H2,1-4H3/t20-,21+,22-,23-,25-,26-,27-/m0/s1. The van der Waals surface area contributed by atoms with Gasteiger partial charge in [0.15, 0.2) is 11.4 Å². The number of allylic oxidation sites excluding steroid dienone is 1. The average Bonchev–Trinajstić information content (AvgIpc) is 3.02. The molecule has 174 valence electrons. The van der Waals surface area contributed by atoms with E-state index in [0.29, 0.717) is 30.6 Å². The highest BCUT2D eigenvalue weighted by Crippen LogP contribution is 2.68. The van der Waals surface area contributed by atoms with Crippen molar-refractivity contribution in [3.63, 3.8) is 0 Å². The second-order valence-electron chi connectivity index (χ2n) is 11.5. The highest BCUT2D eigenvalue weighted by molar-refractivity contribution is 5.89. The molecule has 0 heterocycles. The summed E-state index contributed by atoms with van der Waals surface area (Å²) in [6.07, 6.45) is 13.1. The van der Waals surface area contributed by atoms with Crippen LogP contribution >= 0.6 is 0 Å². The molecular formula is C27H42O4. The van der Waals surface area contributed by atoms with Gasteiger partial charge in [0.25, 0.3) is 0 Å². The number of esters is 1. The summed E-state index contributed by atoms with van der Waals surface area (Å²) >= 11 is 0. The van der Waals surface area contributed by atoms with E-state index in [2.05, 4.69) is 26.8 Å². The fourth-order valence-electron chi connectivity index (χ4n) is 8.22. The molecule has 31 heavy (non-hydrogen) atoms. The Morgan fingerprint density at radius 3 is 2.55 bits per heavy atom. The average molecular weight is 431 g/mol. The van der Waals surface area contributed by atoms with Crippen molar-refractivity contribution in [2.24, 2.45) is 28.6 Å². The fourth-order valence-corrected chi connectivity index (χ4v) is 8.22. The van der Waals surface area contributed by atoms with Gasteiger partial charge in [-0.1, -0.05) is 45.3 Å². The van der Waals surface area contributed by atoms with Crippen molar-refractivity contribution in [1.82, 2.24) is 0 Å². The van der Waals surface area contributed by atoms with Crippen LogP contribution in [0.5, 0.6) is 0 Å². The summed E-state index contributed by atoms with van der Waals surface area (Å²) in [7, 11) is 0. The van der Waals surface area contributed by atoms with Gasteiger partial charge in [-0.2, -0.15) is 0 Å². The molecule has 0 spiro atoms. The van der Waals surface area contributed by atoms with Crippen molar-refractivity contribution < 1.29 is 19.4 Å². The summed E-state index contributed by atoms with van der Waals surface area (Å²) in [5.41, 5.74) is 0.437. The molecule has 0 bridgehead atoms. The van der Waals surface area contributed by atoms with E-state index < -0.39 is 5.60 Å². The molecule has 0 aromatic rings. The van der Waals surface area contributed by atoms with Crippen LogP contribution in [0.4, 0.5) is 0 Å². The molecule has 0 aliphatic heterocycles. The normalized spacial score (nSPS) is 44.0. The Labute approximate surface area is 188 Å². The van der Waals surface area contributed by atoms with Crippen molar-refractivity contribution in [2.75, 3.05) is 0 Å². The Balaban J connectivity index is 1.59. The first kappa shape index (κ1) is 23.0. The number of aliphatic hydroxyl groups excluding tert-OH is 1. The molecule has 4 nitrogen and oxygen atoms in total. The second-order valence-corrected chi connectivity index (χ2v) is 11.5. The minimum Gasteiger partial charge on any atom is -0.450 e. The highest BCUT2D eigenvalue weighted by atomic mass is 16.6. The van der Waals surface area contributed by atoms with E-state index in [-0.39, 0.29) is 28.7 Å². The maximum atomic E-state index is 13.1. The lowest BCUT2D eigenvalue weighted by Crippen LogP contribution is -2.58. The summed E-state index contributed by atoms with van der Waals surface area (Å²) in [5.74, 6) is 1.43. The number of fused-ring (bicyclic) bond motifs is 5. The van der Waals surface area contributed by atoms with E-state index in [1.807, 2.05) is 0 Å². The zero-order chi connectivity index (χ0) is 22.4. The third kappa shape index (κ3) is 3.52. The molecule has 0 aromatic carbocycles. The first-order chi connectivity index (χ1) is 14.7. The topological polar surface area (TPSA) is 63.6 Å². The van der Waals surface area contributed by atoms with Crippen LogP contribution in [0.1, 0.15) is 105 Å². The van der Waals surface area contributed by atoms with Crippen LogP contribution < -0.4 is 0 Å². The number of ether oxygens (including phenoxy) is 1. The van der Waals surface area contributed by atoms with Gasteiger partial charge < -0.3 is 9.84 Å². The lowest BCUT2D eigenvalue weighted by Gasteiger charge is -2.59.